The van der Waals surface area contributed by atoms with E-state index in [1.807, 2.05) is 0 Å². The van der Waals surface area contributed by atoms with Gasteiger partial charge >= 0.3 is 5.97 Å². The lowest BCUT2D eigenvalue weighted by Gasteiger charge is -2.38. The Labute approximate surface area is 224 Å². The summed E-state index contributed by atoms with van der Waals surface area (Å²) < 4.78 is 27.8. The third-order valence-corrected chi connectivity index (χ3v) is 10.8. The van der Waals surface area contributed by atoms with Gasteiger partial charge in [0.05, 0.1) is 28.7 Å². The van der Waals surface area contributed by atoms with Crippen LogP contribution in [0.25, 0.3) is 10.2 Å². The first-order valence-corrected chi connectivity index (χ1v) is 15.0. The molecule has 5 fully saturated rings. The fourth-order valence-corrected chi connectivity index (χ4v) is 8.72. The minimum atomic E-state index is -1.13. The molecule has 3 saturated carbocycles. The van der Waals surface area contributed by atoms with Crippen LogP contribution in [0.15, 0.2) is 16.7 Å². The molecular formula is C29H32FN3O4S. The maximum atomic E-state index is 14.6. The van der Waals surface area contributed by atoms with Crippen molar-refractivity contribution < 1.29 is 23.6 Å². The molecule has 1 aromatic carbocycles. The van der Waals surface area contributed by atoms with E-state index < -0.39 is 11.8 Å². The van der Waals surface area contributed by atoms with Crippen LogP contribution in [0.3, 0.4) is 0 Å². The number of hydrogen-bond acceptors (Lipinski definition) is 7. The van der Waals surface area contributed by atoms with Crippen molar-refractivity contribution in [2.45, 2.75) is 101 Å². The molecule has 2 aromatic heterocycles. The lowest BCUT2D eigenvalue weighted by molar-refractivity contribution is 0.0141. The summed E-state index contributed by atoms with van der Waals surface area (Å²) in [6.07, 6.45) is 11.7. The second-order valence-corrected chi connectivity index (χ2v) is 13.3. The molecule has 3 aromatic rings. The summed E-state index contributed by atoms with van der Waals surface area (Å²) in [5.41, 5.74) is 2.64. The molecule has 0 spiro atoms. The normalized spacial score (nSPS) is 32.1. The highest BCUT2D eigenvalue weighted by atomic mass is 32.1. The summed E-state index contributed by atoms with van der Waals surface area (Å²) in [5.74, 6) is 2.29. The van der Waals surface area contributed by atoms with Gasteiger partial charge in [-0.15, -0.1) is 0 Å². The van der Waals surface area contributed by atoms with Crippen molar-refractivity contribution in [2.24, 2.45) is 11.8 Å². The lowest BCUT2D eigenvalue weighted by Crippen LogP contribution is -2.45. The van der Waals surface area contributed by atoms with Crippen LogP contribution in [-0.2, 0) is 11.3 Å². The van der Waals surface area contributed by atoms with Crippen LogP contribution >= 0.6 is 11.3 Å². The summed E-state index contributed by atoms with van der Waals surface area (Å²) in [6.45, 7) is 0.587. The monoisotopic (exact) mass is 537 g/mol. The van der Waals surface area contributed by atoms with E-state index in [1.165, 1.54) is 67.2 Å². The molecule has 5 atom stereocenters. The van der Waals surface area contributed by atoms with Crippen molar-refractivity contribution in [3.63, 3.8) is 0 Å². The predicted octanol–water partition coefficient (Wildman–Crippen LogP) is 6.62. The molecule has 5 unspecified atom stereocenters. The number of carbonyl (C=O) groups is 1. The number of piperidine rings is 1. The number of fused-ring (bicyclic) bond motifs is 4. The van der Waals surface area contributed by atoms with Crippen LogP contribution in [0.1, 0.15) is 103 Å². The van der Waals surface area contributed by atoms with E-state index in [0.717, 1.165) is 54.5 Å². The van der Waals surface area contributed by atoms with Gasteiger partial charge in [-0.2, -0.15) is 0 Å². The summed E-state index contributed by atoms with van der Waals surface area (Å²) >= 11 is 1.39. The Morgan fingerprint density at radius 1 is 1.05 bits per heavy atom. The van der Waals surface area contributed by atoms with E-state index >= 15 is 0 Å². The summed E-state index contributed by atoms with van der Waals surface area (Å²) in [6, 6.07) is 3.20. The Morgan fingerprint density at radius 3 is 2.58 bits per heavy atom. The first-order chi connectivity index (χ1) is 18.5. The first kappa shape index (κ1) is 23.4. The van der Waals surface area contributed by atoms with Gasteiger partial charge < -0.3 is 19.3 Å². The second-order valence-electron chi connectivity index (χ2n) is 12.3. The number of thiazole rings is 1. The van der Waals surface area contributed by atoms with E-state index in [4.69, 9.17) is 9.26 Å². The number of rotatable bonds is 7. The molecule has 200 valence electrons. The highest BCUT2D eigenvalue weighted by molar-refractivity contribution is 7.22. The van der Waals surface area contributed by atoms with Gasteiger partial charge in [0.25, 0.3) is 0 Å². The van der Waals surface area contributed by atoms with Crippen molar-refractivity contribution >= 4 is 32.7 Å². The van der Waals surface area contributed by atoms with E-state index in [-0.39, 0.29) is 17.2 Å². The minimum absolute atomic E-state index is 0.0378. The topological polar surface area (TPSA) is 88.7 Å². The average molecular weight is 538 g/mol. The van der Waals surface area contributed by atoms with Gasteiger partial charge in [-0.05, 0) is 88.2 Å². The van der Waals surface area contributed by atoms with Gasteiger partial charge in [-0.1, -0.05) is 16.5 Å². The molecule has 0 radical (unpaired) electrons. The molecule has 4 heterocycles. The number of ether oxygens (including phenoxy) is 1. The highest BCUT2D eigenvalue weighted by Crippen LogP contribution is 2.55. The van der Waals surface area contributed by atoms with Gasteiger partial charge in [0.15, 0.2) is 10.9 Å². The fourth-order valence-electron chi connectivity index (χ4n) is 7.55. The predicted molar refractivity (Wildman–Crippen MR) is 140 cm³/mol. The summed E-state index contributed by atoms with van der Waals surface area (Å²) in [4.78, 5) is 18.3. The van der Waals surface area contributed by atoms with Gasteiger partial charge in [0.2, 0.25) is 0 Å². The molecule has 38 heavy (non-hydrogen) atoms. The number of carboxylic acids is 1. The van der Waals surface area contributed by atoms with Crippen LogP contribution in [-0.4, -0.2) is 39.4 Å². The van der Waals surface area contributed by atoms with Gasteiger partial charge in [-0.3, -0.25) is 0 Å². The molecule has 7 nitrogen and oxygen atoms in total. The molecular weight excluding hydrogens is 505 g/mol. The number of carboxylic acid groups (broad SMARTS) is 1. The minimum Gasteiger partial charge on any atom is -0.478 e. The van der Waals surface area contributed by atoms with Gasteiger partial charge in [-0.25, -0.2) is 14.2 Å². The SMILES string of the molecule is O=C(O)c1cc(F)c2nc(N3C4CCC3CC(OCc3c(C5CCC6CC6C5)noc3C3CC3)C4)sc2c1. The Bertz CT molecular complexity index is 1400. The number of aromatic nitrogens is 2. The van der Waals surface area contributed by atoms with Crippen LogP contribution in [0, 0.1) is 17.7 Å². The molecule has 1 N–H and O–H groups in total. The van der Waals surface area contributed by atoms with E-state index in [1.54, 1.807) is 0 Å². The average Bonchev–Trinajstić information content (AvgIpc) is 3.79. The maximum Gasteiger partial charge on any atom is 0.335 e. The Morgan fingerprint density at radius 2 is 1.84 bits per heavy atom. The number of nitrogens with zero attached hydrogens (tertiary/aromatic N) is 3. The lowest BCUT2D eigenvalue weighted by atomic mass is 9.85. The van der Waals surface area contributed by atoms with Crippen molar-refractivity contribution in [3.8, 4) is 0 Å². The smallest absolute Gasteiger partial charge is 0.335 e. The quantitative estimate of drug-likeness (QED) is 0.362. The number of halogens is 1. The zero-order valence-electron chi connectivity index (χ0n) is 21.3. The molecule has 3 aliphatic carbocycles. The van der Waals surface area contributed by atoms with Crippen molar-refractivity contribution in [3.05, 3.63) is 40.5 Å². The standard InChI is InChI=1S/C29H32FN3O4S/c30-23-9-18(28(34)35)10-24-26(23)31-29(38-24)33-19-5-6-20(33)12-21(11-19)36-13-22-25(32-37-27(22)14-1-2-14)16-4-3-15-7-17(15)8-16/h9-10,14-17,19-21H,1-8,11-13H2,(H,34,35). The van der Waals surface area contributed by atoms with Crippen molar-refractivity contribution in [1.82, 2.24) is 10.1 Å². The molecule has 0 amide bonds. The van der Waals surface area contributed by atoms with Gasteiger partial charge in [0.1, 0.15) is 11.3 Å². The largest absolute Gasteiger partial charge is 0.478 e. The maximum absolute atomic E-state index is 14.6. The van der Waals surface area contributed by atoms with E-state index in [9.17, 15) is 14.3 Å². The Balaban J connectivity index is 0.988. The Kier molecular flexibility index (Phi) is 5.38. The first-order valence-electron chi connectivity index (χ1n) is 14.2. The van der Waals surface area contributed by atoms with Crippen LogP contribution < -0.4 is 4.90 Å². The Hall–Kier alpha value is -2.52. The second kappa shape index (κ2) is 8.74. The number of anilines is 1. The van der Waals surface area contributed by atoms with Crippen LogP contribution in [0.2, 0.25) is 0 Å². The third kappa shape index (κ3) is 3.96. The molecule has 9 heteroatoms. The summed E-state index contributed by atoms with van der Waals surface area (Å²) in [7, 11) is 0. The molecule has 8 rings (SSSR count). The molecule has 2 bridgehead atoms. The zero-order valence-corrected chi connectivity index (χ0v) is 22.1. The molecule has 5 aliphatic rings. The third-order valence-electron chi connectivity index (χ3n) is 9.78. The van der Waals surface area contributed by atoms with E-state index in [0.29, 0.717) is 35.2 Å². The summed E-state index contributed by atoms with van der Waals surface area (Å²) in [5, 5.41) is 14.7. The zero-order chi connectivity index (χ0) is 25.5. The number of benzene rings is 1. The van der Waals surface area contributed by atoms with E-state index in [2.05, 4.69) is 15.0 Å². The number of aromatic carboxylic acids is 1. The molecule has 2 saturated heterocycles. The van der Waals surface area contributed by atoms with Crippen LogP contribution in [0.4, 0.5) is 9.52 Å². The number of hydrogen-bond donors (Lipinski definition) is 1. The van der Waals surface area contributed by atoms with Crippen molar-refractivity contribution in [1.29, 1.82) is 0 Å². The van der Waals surface area contributed by atoms with Gasteiger partial charge in [0, 0.05) is 29.5 Å². The van der Waals surface area contributed by atoms with Crippen molar-refractivity contribution in [2.75, 3.05) is 4.90 Å². The van der Waals surface area contributed by atoms with Crippen LogP contribution in [0.5, 0.6) is 0 Å². The molecule has 2 aliphatic heterocycles. The fraction of sp³-hybridized carbons (Fsp3) is 0.621. The highest BCUT2D eigenvalue weighted by Gasteiger charge is 2.45.